The Labute approximate surface area is 156 Å². The smallest absolute Gasteiger partial charge is 0.253 e. The number of benzene rings is 1. The van der Waals surface area contributed by atoms with Crippen LogP contribution in [0, 0.1) is 20.8 Å². The molecule has 0 radical (unpaired) electrons. The summed E-state index contributed by atoms with van der Waals surface area (Å²) in [5.41, 5.74) is 3.49. The molecule has 0 atom stereocenters. The normalized spacial score (nSPS) is 12.4. The fourth-order valence-electron chi connectivity index (χ4n) is 3.32. The zero-order chi connectivity index (χ0) is 19.0. The highest BCUT2D eigenvalue weighted by Gasteiger charge is 2.18. The van der Waals surface area contributed by atoms with Gasteiger partial charge in [-0.2, -0.15) is 0 Å². The fourth-order valence-corrected chi connectivity index (χ4v) is 3.32. The van der Waals surface area contributed by atoms with Crippen LogP contribution in [0.1, 0.15) is 33.1 Å². The third-order valence-corrected chi connectivity index (χ3v) is 4.66. The highest BCUT2D eigenvalue weighted by atomic mass is 16.7. The number of nitrogens with one attached hydrogen (secondary N) is 1. The standard InChI is InChI=1S/C20H21N3O4/c1-12-8-16(14(3)23(12)19-9-13(2)27-22-19)20(24)21-7-6-15-4-5-17-18(10-15)26-11-25-17/h4-5,8-10H,6-7,11H2,1-3H3,(H,21,24). The van der Waals surface area contributed by atoms with Gasteiger partial charge in [-0.1, -0.05) is 11.2 Å². The maximum Gasteiger partial charge on any atom is 0.253 e. The van der Waals surface area contributed by atoms with E-state index in [0.29, 0.717) is 24.3 Å². The van der Waals surface area contributed by atoms with E-state index in [1.54, 1.807) is 0 Å². The summed E-state index contributed by atoms with van der Waals surface area (Å²) in [6, 6.07) is 9.55. The molecular weight excluding hydrogens is 346 g/mol. The topological polar surface area (TPSA) is 78.5 Å². The fraction of sp³-hybridized carbons (Fsp3) is 0.300. The van der Waals surface area contributed by atoms with Crippen molar-refractivity contribution in [1.82, 2.24) is 15.0 Å². The van der Waals surface area contributed by atoms with E-state index in [1.807, 2.05) is 55.7 Å². The lowest BCUT2D eigenvalue weighted by atomic mass is 10.1. The number of carbonyl (C=O) groups excluding carboxylic acids is 1. The van der Waals surface area contributed by atoms with Crippen LogP contribution in [0.2, 0.25) is 0 Å². The van der Waals surface area contributed by atoms with Crippen molar-refractivity contribution in [3.63, 3.8) is 0 Å². The van der Waals surface area contributed by atoms with E-state index < -0.39 is 0 Å². The minimum atomic E-state index is -0.102. The van der Waals surface area contributed by atoms with Crippen LogP contribution in [0.5, 0.6) is 11.5 Å². The molecule has 1 N–H and O–H groups in total. The first kappa shape index (κ1) is 17.2. The summed E-state index contributed by atoms with van der Waals surface area (Å²) in [4.78, 5) is 12.6. The number of aromatic nitrogens is 2. The highest BCUT2D eigenvalue weighted by molar-refractivity contribution is 5.95. The van der Waals surface area contributed by atoms with Gasteiger partial charge in [-0.25, -0.2) is 0 Å². The molecular formula is C20H21N3O4. The van der Waals surface area contributed by atoms with Gasteiger partial charge in [0.1, 0.15) is 5.76 Å². The Morgan fingerprint density at radius 3 is 2.74 bits per heavy atom. The van der Waals surface area contributed by atoms with E-state index in [9.17, 15) is 4.79 Å². The molecule has 4 rings (SSSR count). The lowest BCUT2D eigenvalue weighted by Gasteiger charge is -2.07. The monoisotopic (exact) mass is 367 g/mol. The van der Waals surface area contributed by atoms with Crippen LogP contribution in [-0.2, 0) is 6.42 Å². The van der Waals surface area contributed by atoms with Gasteiger partial charge in [0.05, 0.1) is 5.56 Å². The maximum absolute atomic E-state index is 12.6. The molecule has 0 saturated carbocycles. The van der Waals surface area contributed by atoms with E-state index in [4.69, 9.17) is 14.0 Å². The summed E-state index contributed by atoms with van der Waals surface area (Å²) in [5.74, 6) is 2.83. The van der Waals surface area contributed by atoms with E-state index in [1.165, 1.54) is 0 Å². The third-order valence-electron chi connectivity index (χ3n) is 4.66. The number of ether oxygens (including phenoxy) is 2. The second-order valence-corrected chi connectivity index (χ2v) is 6.61. The largest absolute Gasteiger partial charge is 0.454 e. The molecule has 1 aromatic carbocycles. The molecule has 1 aliphatic rings. The van der Waals surface area contributed by atoms with Gasteiger partial charge in [0.15, 0.2) is 17.3 Å². The van der Waals surface area contributed by atoms with Crippen molar-refractivity contribution >= 4 is 5.91 Å². The van der Waals surface area contributed by atoms with Crippen LogP contribution >= 0.6 is 0 Å². The molecule has 2 aromatic heterocycles. The lowest BCUT2D eigenvalue weighted by Crippen LogP contribution is -2.26. The van der Waals surface area contributed by atoms with Crippen molar-refractivity contribution in [2.45, 2.75) is 27.2 Å². The van der Waals surface area contributed by atoms with Gasteiger partial charge < -0.3 is 19.3 Å². The minimum Gasteiger partial charge on any atom is -0.454 e. The number of fused-ring (bicyclic) bond motifs is 1. The zero-order valence-electron chi connectivity index (χ0n) is 15.5. The molecule has 0 fully saturated rings. The molecule has 3 aromatic rings. The molecule has 0 saturated heterocycles. The average Bonchev–Trinajstić information content (AvgIpc) is 3.34. The van der Waals surface area contributed by atoms with E-state index in [0.717, 1.165) is 34.2 Å². The van der Waals surface area contributed by atoms with Crippen molar-refractivity contribution < 1.29 is 18.8 Å². The summed E-state index contributed by atoms with van der Waals surface area (Å²) >= 11 is 0. The van der Waals surface area contributed by atoms with E-state index in [2.05, 4.69) is 10.5 Å². The summed E-state index contributed by atoms with van der Waals surface area (Å²) < 4.78 is 17.8. The van der Waals surface area contributed by atoms with Gasteiger partial charge in [0.25, 0.3) is 5.91 Å². The SMILES string of the molecule is Cc1cc(-n2c(C)cc(C(=O)NCCc3ccc4c(c3)OCO4)c2C)no1. The number of nitrogens with zero attached hydrogens (tertiary/aromatic N) is 2. The number of hydrogen-bond donors (Lipinski definition) is 1. The molecule has 3 heterocycles. The number of amides is 1. The third kappa shape index (κ3) is 3.28. The molecule has 140 valence electrons. The number of aryl methyl sites for hydroxylation is 2. The van der Waals surface area contributed by atoms with Gasteiger partial charge in [-0.15, -0.1) is 0 Å². The van der Waals surface area contributed by atoms with Crippen LogP contribution in [0.3, 0.4) is 0 Å². The van der Waals surface area contributed by atoms with Crippen LogP contribution in [0.4, 0.5) is 0 Å². The molecule has 0 spiro atoms. The quantitative estimate of drug-likeness (QED) is 0.750. The zero-order valence-corrected chi connectivity index (χ0v) is 15.5. The van der Waals surface area contributed by atoms with Crippen LogP contribution in [0.25, 0.3) is 5.82 Å². The number of carbonyl (C=O) groups is 1. The highest BCUT2D eigenvalue weighted by Crippen LogP contribution is 2.32. The lowest BCUT2D eigenvalue weighted by molar-refractivity contribution is 0.0953. The Morgan fingerprint density at radius 2 is 1.96 bits per heavy atom. The van der Waals surface area contributed by atoms with Crippen molar-refractivity contribution in [3.8, 4) is 17.3 Å². The van der Waals surface area contributed by atoms with E-state index in [-0.39, 0.29) is 12.7 Å². The van der Waals surface area contributed by atoms with Crippen molar-refractivity contribution in [2.75, 3.05) is 13.3 Å². The Hall–Kier alpha value is -3.22. The Balaban J connectivity index is 1.43. The Morgan fingerprint density at radius 1 is 1.15 bits per heavy atom. The first-order valence-corrected chi connectivity index (χ1v) is 8.82. The minimum absolute atomic E-state index is 0.102. The predicted molar refractivity (Wildman–Crippen MR) is 98.6 cm³/mol. The number of hydrogen-bond acceptors (Lipinski definition) is 5. The molecule has 27 heavy (non-hydrogen) atoms. The first-order valence-electron chi connectivity index (χ1n) is 8.82. The molecule has 7 heteroatoms. The summed E-state index contributed by atoms with van der Waals surface area (Å²) in [5, 5.41) is 7.03. The second-order valence-electron chi connectivity index (χ2n) is 6.61. The number of rotatable bonds is 5. The van der Waals surface area contributed by atoms with E-state index >= 15 is 0 Å². The van der Waals surface area contributed by atoms with Gasteiger partial charge in [0.2, 0.25) is 6.79 Å². The molecule has 0 bridgehead atoms. The molecule has 1 aliphatic heterocycles. The van der Waals surface area contributed by atoms with Gasteiger partial charge in [-0.05, 0) is 51.0 Å². The Bertz CT molecular complexity index is 1000. The van der Waals surface area contributed by atoms with Crippen LogP contribution < -0.4 is 14.8 Å². The summed E-state index contributed by atoms with van der Waals surface area (Å²) in [6.45, 7) is 6.49. The van der Waals surface area contributed by atoms with Crippen molar-refractivity contribution in [1.29, 1.82) is 0 Å². The summed E-state index contributed by atoms with van der Waals surface area (Å²) in [6.07, 6.45) is 0.712. The van der Waals surface area contributed by atoms with Crippen molar-refractivity contribution in [2.24, 2.45) is 0 Å². The Kier molecular flexibility index (Phi) is 4.35. The molecule has 1 amide bonds. The average molecular weight is 367 g/mol. The maximum atomic E-state index is 12.6. The molecule has 7 nitrogen and oxygen atoms in total. The summed E-state index contributed by atoms with van der Waals surface area (Å²) in [7, 11) is 0. The van der Waals surface area contributed by atoms with Gasteiger partial charge in [-0.3, -0.25) is 9.36 Å². The predicted octanol–water partition coefficient (Wildman–Crippen LogP) is 3.09. The van der Waals surface area contributed by atoms with Crippen LogP contribution in [-0.4, -0.2) is 29.0 Å². The molecule has 0 aliphatic carbocycles. The van der Waals surface area contributed by atoms with Crippen molar-refractivity contribution in [3.05, 3.63) is 58.6 Å². The van der Waals surface area contributed by atoms with Crippen LogP contribution in [0.15, 0.2) is 34.9 Å². The van der Waals surface area contributed by atoms with Gasteiger partial charge >= 0.3 is 0 Å². The molecule has 0 unspecified atom stereocenters. The van der Waals surface area contributed by atoms with Gasteiger partial charge in [0, 0.05) is 24.0 Å². The second kappa shape index (κ2) is 6.83. The first-order chi connectivity index (χ1) is 13.0.